The maximum absolute atomic E-state index is 14.3. The maximum atomic E-state index is 14.3. The number of carbonyl (C=O) groups is 3. The van der Waals surface area contributed by atoms with Crippen LogP contribution in [0.4, 0.5) is 8.78 Å². The van der Waals surface area contributed by atoms with E-state index in [0.717, 1.165) is 41.9 Å². The zero-order chi connectivity index (χ0) is 31.2. The van der Waals surface area contributed by atoms with Crippen LogP contribution in [0.2, 0.25) is 0 Å². The predicted octanol–water partition coefficient (Wildman–Crippen LogP) is 4.23. The van der Waals surface area contributed by atoms with Crippen molar-refractivity contribution >= 4 is 46.7 Å². The average Bonchev–Trinajstić information content (AvgIpc) is 3.56. The molecule has 3 aromatic rings. The number of carbonyl (C=O) groups excluding carboxylic acids is 3. The second-order valence-electron chi connectivity index (χ2n) is 11.5. The van der Waals surface area contributed by atoms with Gasteiger partial charge in [-0.3, -0.25) is 18.9 Å². The number of nitrogens with zero attached hydrogens (tertiary/aromatic N) is 2. The van der Waals surface area contributed by atoms with Crippen LogP contribution in [0, 0.1) is 5.92 Å². The van der Waals surface area contributed by atoms with Gasteiger partial charge >= 0.3 is 13.3 Å². The molecule has 1 saturated carbocycles. The topological polar surface area (TPSA) is 136 Å². The van der Waals surface area contributed by atoms with Gasteiger partial charge in [0.2, 0.25) is 11.8 Å². The number of benzene rings is 2. The molecule has 6 rings (SSSR count). The van der Waals surface area contributed by atoms with E-state index in [4.69, 9.17) is 14.5 Å². The highest BCUT2D eigenvalue weighted by atomic mass is 32.1. The Bertz CT molecular complexity index is 1630. The Balaban J connectivity index is 1.16. The second kappa shape index (κ2) is 11.9. The SMILES string of the molecule is O=C(NC(C(=O)N1CCC[C@H]1C(=O)N1CCO[C@H](c2ccccc2)C1)C1CC1)c1cc2cc(C(F)(F)P(=O)(O)O)ccc2s1. The fourth-order valence-electron chi connectivity index (χ4n) is 5.93. The van der Waals surface area contributed by atoms with Gasteiger partial charge in [-0.1, -0.05) is 36.4 Å². The number of morpholine rings is 1. The quantitative estimate of drug-likeness (QED) is 0.312. The van der Waals surface area contributed by atoms with E-state index in [1.165, 1.54) is 12.1 Å². The average molecular weight is 648 g/mol. The van der Waals surface area contributed by atoms with Crippen LogP contribution in [0.5, 0.6) is 0 Å². The predicted molar refractivity (Wildman–Crippen MR) is 158 cm³/mol. The number of hydrogen-bond donors (Lipinski definition) is 3. The molecule has 0 spiro atoms. The summed E-state index contributed by atoms with van der Waals surface area (Å²) in [7, 11) is -5.75. The molecule has 3 heterocycles. The standard InChI is InChI=1S/C30H32F2N3O7PS/c31-30(32,43(39,40)41)21-10-11-24-20(15-21)16-25(44-24)27(36)33-26(19-8-9-19)29(38)35-12-4-7-22(35)28(37)34-13-14-42-23(17-34)18-5-2-1-3-6-18/h1-3,5-6,10-11,15-16,19,22-23,26H,4,7-9,12-14,17H2,(H,33,36)(H2,39,40,41)/t22-,23-,26?/m0/s1. The van der Waals surface area contributed by atoms with Gasteiger partial charge in [-0.05, 0) is 60.7 Å². The van der Waals surface area contributed by atoms with Crippen molar-refractivity contribution in [2.75, 3.05) is 26.2 Å². The Kier molecular flexibility index (Phi) is 8.36. The smallest absolute Gasteiger partial charge is 0.370 e. The summed E-state index contributed by atoms with van der Waals surface area (Å²) in [5.74, 6) is -1.07. The molecule has 3 fully saturated rings. The van der Waals surface area contributed by atoms with Crippen molar-refractivity contribution in [2.24, 2.45) is 5.92 Å². The van der Waals surface area contributed by atoms with E-state index >= 15 is 0 Å². The van der Waals surface area contributed by atoms with Crippen LogP contribution in [0.1, 0.15) is 52.6 Å². The van der Waals surface area contributed by atoms with Crippen molar-refractivity contribution in [3.05, 3.63) is 70.6 Å². The van der Waals surface area contributed by atoms with E-state index in [2.05, 4.69) is 5.32 Å². The van der Waals surface area contributed by atoms with Crippen LogP contribution >= 0.6 is 18.9 Å². The Morgan fingerprint density at radius 2 is 1.80 bits per heavy atom. The normalized spacial score (nSPS) is 21.8. The van der Waals surface area contributed by atoms with Crippen molar-refractivity contribution in [3.63, 3.8) is 0 Å². The highest BCUT2D eigenvalue weighted by molar-refractivity contribution is 7.52. The van der Waals surface area contributed by atoms with Crippen molar-refractivity contribution in [1.29, 1.82) is 0 Å². The number of nitrogens with one attached hydrogen (secondary N) is 1. The molecule has 3 amide bonds. The van der Waals surface area contributed by atoms with Gasteiger partial charge in [-0.15, -0.1) is 11.3 Å². The largest absolute Gasteiger partial charge is 0.399 e. The maximum Gasteiger partial charge on any atom is 0.399 e. The van der Waals surface area contributed by atoms with Crippen LogP contribution in [-0.2, 0) is 24.6 Å². The molecule has 3 aliphatic rings. The minimum Gasteiger partial charge on any atom is -0.370 e. The van der Waals surface area contributed by atoms with E-state index in [9.17, 15) is 27.7 Å². The van der Waals surface area contributed by atoms with Crippen molar-refractivity contribution in [2.45, 2.75) is 49.5 Å². The van der Waals surface area contributed by atoms with Gasteiger partial charge in [0.1, 0.15) is 18.2 Å². The molecular weight excluding hydrogens is 615 g/mol. The first-order chi connectivity index (χ1) is 20.9. The first-order valence-corrected chi connectivity index (χ1v) is 16.9. The molecule has 1 aliphatic carbocycles. The van der Waals surface area contributed by atoms with Crippen LogP contribution in [0.3, 0.4) is 0 Å². The minimum atomic E-state index is -5.75. The molecule has 3 atom stereocenters. The zero-order valence-corrected chi connectivity index (χ0v) is 25.3. The van der Waals surface area contributed by atoms with E-state index in [-0.39, 0.29) is 34.1 Å². The summed E-state index contributed by atoms with van der Waals surface area (Å²) in [4.78, 5) is 62.5. The Morgan fingerprint density at radius 3 is 2.50 bits per heavy atom. The van der Waals surface area contributed by atoms with E-state index in [0.29, 0.717) is 43.8 Å². The van der Waals surface area contributed by atoms with Gasteiger partial charge in [0.25, 0.3) is 5.91 Å². The van der Waals surface area contributed by atoms with Crippen LogP contribution in [-0.4, -0.2) is 75.6 Å². The molecule has 14 heteroatoms. The van der Waals surface area contributed by atoms with Crippen molar-refractivity contribution in [1.82, 2.24) is 15.1 Å². The number of thiophene rings is 1. The molecule has 3 N–H and O–H groups in total. The summed E-state index contributed by atoms with van der Waals surface area (Å²) in [6.45, 7) is 1.61. The van der Waals surface area contributed by atoms with E-state index in [1.54, 1.807) is 9.80 Å². The van der Waals surface area contributed by atoms with Gasteiger partial charge in [0.15, 0.2) is 0 Å². The first-order valence-electron chi connectivity index (χ1n) is 14.5. The van der Waals surface area contributed by atoms with Gasteiger partial charge in [0.05, 0.1) is 18.0 Å². The number of amides is 3. The van der Waals surface area contributed by atoms with Crippen LogP contribution in [0.25, 0.3) is 10.1 Å². The summed E-state index contributed by atoms with van der Waals surface area (Å²) < 4.78 is 46.2. The Hall–Kier alpha value is -3.22. The summed E-state index contributed by atoms with van der Waals surface area (Å²) >= 11 is 1.02. The number of fused-ring (bicyclic) bond motifs is 1. The third-order valence-electron chi connectivity index (χ3n) is 8.47. The van der Waals surface area contributed by atoms with Crippen molar-refractivity contribution < 1.29 is 42.3 Å². The van der Waals surface area contributed by atoms with Crippen LogP contribution in [0.15, 0.2) is 54.6 Å². The molecule has 2 aromatic carbocycles. The van der Waals surface area contributed by atoms with Gasteiger partial charge in [-0.25, -0.2) is 0 Å². The lowest BCUT2D eigenvalue weighted by atomic mass is 10.1. The molecule has 1 unspecified atom stereocenters. The number of ether oxygens (including phenoxy) is 1. The van der Waals surface area contributed by atoms with Gasteiger partial charge in [-0.2, -0.15) is 8.78 Å². The monoisotopic (exact) mass is 647 g/mol. The Labute approximate surface area is 256 Å². The van der Waals surface area contributed by atoms with Crippen molar-refractivity contribution in [3.8, 4) is 0 Å². The molecule has 2 saturated heterocycles. The number of alkyl halides is 2. The van der Waals surface area contributed by atoms with E-state index in [1.807, 2.05) is 30.3 Å². The highest BCUT2D eigenvalue weighted by Gasteiger charge is 2.50. The molecule has 2 aliphatic heterocycles. The lowest BCUT2D eigenvalue weighted by Gasteiger charge is -2.37. The highest BCUT2D eigenvalue weighted by Crippen LogP contribution is 2.59. The molecule has 0 bridgehead atoms. The lowest BCUT2D eigenvalue weighted by Crippen LogP contribution is -2.56. The third-order valence-corrected chi connectivity index (χ3v) is 10.6. The fraction of sp³-hybridized carbons (Fsp3) is 0.433. The molecular formula is C30H32F2N3O7PS. The first kappa shape index (κ1) is 30.8. The number of hydrogen-bond acceptors (Lipinski definition) is 6. The fourth-order valence-corrected chi connectivity index (χ4v) is 7.35. The number of halogens is 2. The third kappa shape index (κ3) is 6.03. The minimum absolute atomic E-state index is 0.0726. The molecule has 44 heavy (non-hydrogen) atoms. The van der Waals surface area contributed by atoms with Gasteiger partial charge < -0.3 is 29.6 Å². The summed E-state index contributed by atoms with van der Waals surface area (Å²) in [5.41, 5.74) is -4.24. The summed E-state index contributed by atoms with van der Waals surface area (Å²) in [6, 6.07) is 12.7. The number of rotatable bonds is 8. The molecule has 1 aromatic heterocycles. The second-order valence-corrected chi connectivity index (χ2v) is 14.2. The van der Waals surface area contributed by atoms with Crippen LogP contribution < -0.4 is 5.32 Å². The molecule has 234 valence electrons. The number of likely N-dealkylation sites (tertiary alicyclic amines) is 1. The van der Waals surface area contributed by atoms with E-state index < -0.39 is 36.8 Å². The molecule has 10 nitrogen and oxygen atoms in total. The summed E-state index contributed by atoms with van der Waals surface area (Å²) in [5, 5.41) is 3.06. The summed E-state index contributed by atoms with van der Waals surface area (Å²) in [6.07, 6.45) is 2.44. The zero-order valence-electron chi connectivity index (χ0n) is 23.6. The molecule has 0 radical (unpaired) electrons. The van der Waals surface area contributed by atoms with Gasteiger partial charge in [0, 0.05) is 23.4 Å². The lowest BCUT2D eigenvalue weighted by molar-refractivity contribution is -0.149. The Morgan fingerprint density at radius 1 is 1.05 bits per heavy atom.